The van der Waals surface area contributed by atoms with Gasteiger partial charge in [-0.1, -0.05) is 319 Å². The number of carbonyl (C=O) groups is 2. The lowest BCUT2D eigenvalue weighted by Crippen LogP contribution is -2.29. The summed E-state index contributed by atoms with van der Waals surface area (Å²) in [6.07, 6.45) is 86.3. The van der Waals surface area contributed by atoms with Crippen LogP contribution < -0.4 is 5.73 Å². The molecule has 0 spiro atoms. The number of hydrogen-bond acceptors (Lipinski definition) is 8. The number of hydrogen-bond donors (Lipinski definition) is 2. The average Bonchev–Trinajstić information content (AvgIpc) is 3.46. The van der Waals surface area contributed by atoms with E-state index in [1.165, 1.54) is 231 Å². The van der Waals surface area contributed by atoms with E-state index in [2.05, 4.69) is 74.6 Å². The molecule has 0 saturated heterocycles. The predicted octanol–water partition coefficient (Wildman–Crippen LogP) is 22.6. The number of nitrogens with two attached hydrogens (primary N) is 1. The van der Waals surface area contributed by atoms with E-state index in [1.807, 2.05) is 0 Å². The highest BCUT2D eigenvalue weighted by Crippen LogP contribution is 2.43. The standard InChI is InChI=1S/C71H132NO8P/c1-3-5-7-9-11-13-15-17-19-21-23-24-25-26-27-28-29-30-31-32-33-34-35-36-37-38-39-40-41-42-43-44-46-47-49-51-53-55-57-59-61-63-70(73)77-67-69(68-79-81(75,76)78-66-65-72)80-71(74)64-62-60-58-56-54-52-50-48-45-22-20-18-16-14-12-10-8-6-4-2/h6,8,12,14,18,20-21,23,45,48,69H,3-5,7,9-11,13,15-17,19,22,24-44,46-47,49-68,72H2,1-2H3,(H,75,76)/b8-6-,14-12-,20-18-,23-21-,48-45-. The number of rotatable bonds is 66. The Hall–Kier alpha value is -2.29. The first-order valence-corrected chi connectivity index (χ1v) is 36.3. The molecule has 10 heteroatoms. The Morgan fingerprint density at radius 3 is 1.02 bits per heavy atom. The van der Waals surface area contributed by atoms with Gasteiger partial charge in [0.2, 0.25) is 0 Å². The maximum absolute atomic E-state index is 12.7. The highest BCUT2D eigenvalue weighted by atomic mass is 31.2. The summed E-state index contributed by atoms with van der Waals surface area (Å²) < 4.78 is 33.1. The molecule has 0 radical (unpaired) electrons. The van der Waals surface area contributed by atoms with Gasteiger partial charge in [-0.25, -0.2) is 4.57 Å². The third-order valence-electron chi connectivity index (χ3n) is 15.4. The van der Waals surface area contributed by atoms with E-state index in [0.717, 1.165) is 83.5 Å². The Bertz CT molecular complexity index is 1510. The van der Waals surface area contributed by atoms with Gasteiger partial charge in [0.05, 0.1) is 13.2 Å². The third kappa shape index (κ3) is 66.7. The second-order valence-corrected chi connectivity index (χ2v) is 24.8. The minimum absolute atomic E-state index is 0.0501. The lowest BCUT2D eigenvalue weighted by atomic mass is 10.0. The van der Waals surface area contributed by atoms with Crippen molar-refractivity contribution in [2.45, 2.75) is 354 Å². The highest BCUT2D eigenvalue weighted by Gasteiger charge is 2.26. The molecule has 81 heavy (non-hydrogen) atoms. The van der Waals surface area contributed by atoms with Gasteiger partial charge in [-0.2, -0.15) is 0 Å². The molecule has 474 valence electrons. The third-order valence-corrected chi connectivity index (χ3v) is 16.4. The van der Waals surface area contributed by atoms with E-state index in [0.29, 0.717) is 6.42 Å². The lowest BCUT2D eigenvalue weighted by molar-refractivity contribution is -0.161. The summed E-state index contributed by atoms with van der Waals surface area (Å²) in [6, 6.07) is 0. The molecule has 0 aliphatic carbocycles. The quantitative estimate of drug-likeness (QED) is 0.0264. The second kappa shape index (κ2) is 66.8. The molecule has 0 aromatic carbocycles. The van der Waals surface area contributed by atoms with Crippen LogP contribution in [0.3, 0.4) is 0 Å². The first-order valence-electron chi connectivity index (χ1n) is 34.8. The van der Waals surface area contributed by atoms with E-state index >= 15 is 0 Å². The molecule has 0 aliphatic heterocycles. The summed E-state index contributed by atoms with van der Waals surface area (Å²) in [5.74, 6) is -0.832. The minimum Gasteiger partial charge on any atom is -0.462 e. The summed E-state index contributed by atoms with van der Waals surface area (Å²) in [4.78, 5) is 35.3. The van der Waals surface area contributed by atoms with Crippen molar-refractivity contribution >= 4 is 19.8 Å². The lowest BCUT2D eigenvalue weighted by Gasteiger charge is -2.19. The van der Waals surface area contributed by atoms with Crippen molar-refractivity contribution in [2.75, 3.05) is 26.4 Å². The number of allylic oxidation sites excluding steroid dienone is 10. The average molecular weight is 1160 g/mol. The molecule has 0 fully saturated rings. The number of phosphoric acid groups is 1. The molecule has 9 nitrogen and oxygen atoms in total. The van der Waals surface area contributed by atoms with Gasteiger partial charge in [0.1, 0.15) is 6.61 Å². The van der Waals surface area contributed by atoms with E-state index in [9.17, 15) is 19.0 Å². The van der Waals surface area contributed by atoms with Crippen LogP contribution in [0.25, 0.3) is 0 Å². The van der Waals surface area contributed by atoms with E-state index < -0.39 is 26.5 Å². The van der Waals surface area contributed by atoms with Crippen LogP contribution in [-0.2, 0) is 32.7 Å². The Morgan fingerprint density at radius 1 is 0.383 bits per heavy atom. The van der Waals surface area contributed by atoms with Gasteiger partial charge in [0.25, 0.3) is 0 Å². The zero-order chi connectivity index (χ0) is 58.7. The van der Waals surface area contributed by atoms with Crippen LogP contribution >= 0.6 is 7.82 Å². The molecule has 0 aliphatic rings. The number of ether oxygens (including phenoxy) is 2. The van der Waals surface area contributed by atoms with Crippen LogP contribution in [0.15, 0.2) is 60.8 Å². The first-order chi connectivity index (χ1) is 39.8. The smallest absolute Gasteiger partial charge is 0.462 e. The normalized spacial score (nSPS) is 13.3. The van der Waals surface area contributed by atoms with Crippen LogP contribution in [0.1, 0.15) is 348 Å². The summed E-state index contributed by atoms with van der Waals surface area (Å²) in [5, 5.41) is 0. The van der Waals surface area contributed by atoms with Gasteiger partial charge in [-0.15, -0.1) is 0 Å². The minimum atomic E-state index is -4.40. The molecule has 2 unspecified atom stereocenters. The van der Waals surface area contributed by atoms with E-state index in [1.54, 1.807) is 0 Å². The fourth-order valence-corrected chi connectivity index (χ4v) is 11.0. The van der Waals surface area contributed by atoms with Gasteiger partial charge in [0, 0.05) is 19.4 Å². The second-order valence-electron chi connectivity index (χ2n) is 23.4. The molecule has 0 saturated carbocycles. The Balaban J connectivity index is 3.74. The summed E-state index contributed by atoms with van der Waals surface area (Å²) in [5.41, 5.74) is 5.39. The highest BCUT2D eigenvalue weighted by molar-refractivity contribution is 7.47. The topological polar surface area (TPSA) is 134 Å². The predicted molar refractivity (Wildman–Crippen MR) is 349 cm³/mol. The fraction of sp³-hybridized carbons (Fsp3) is 0.831. The number of unbranched alkanes of at least 4 members (excludes halogenated alkanes) is 43. The van der Waals surface area contributed by atoms with Gasteiger partial charge in [0.15, 0.2) is 6.10 Å². The van der Waals surface area contributed by atoms with Crippen LogP contribution in [0, 0.1) is 0 Å². The molecule has 3 N–H and O–H groups in total. The van der Waals surface area contributed by atoms with Gasteiger partial charge in [-0.05, 0) is 77.0 Å². The van der Waals surface area contributed by atoms with Crippen molar-refractivity contribution in [1.82, 2.24) is 0 Å². The fourth-order valence-electron chi connectivity index (χ4n) is 10.3. The zero-order valence-electron chi connectivity index (χ0n) is 53.3. The number of phosphoric ester groups is 1. The van der Waals surface area contributed by atoms with Gasteiger partial charge < -0.3 is 20.1 Å². The van der Waals surface area contributed by atoms with Crippen molar-refractivity contribution in [3.8, 4) is 0 Å². The van der Waals surface area contributed by atoms with Crippen molar-refractivity contribution in [2.24, 2.45) is 5.73 Å². The maximum Gasteiger partial charge on any atom is 0.472 e. The Labute approximate surface area is 501 Å². The maximum atomic E-state index is 12.7. The Morgan fingerprint density at radius 2 is 0.679 bits per heavy atom. The zero-order valence-corrected chi connectivity index (χ0v) is 54.2. The van der Waals surface area contributed by atoms with Crippen LogP contribution in [-0.4, -0.2) is 49.3 Å². The molecule has 0 amide bonds. The van der Waals surface area contributed by atoms with Crippen molar-refractivity contribution in [3.05, 3.63) is 60.8 Å². The van der Waals surface area contributed by atoms with Crippen molar-refractivity contribution in [3.63, 3.8) is 0 Å². The largest absolute Gasteiger partial charge is 0.472 e. The number of esters is 2. The summed E-state index contributed by atoms with van der Waals surface area (Å²) in [6.45, 7) is 3.65. The van der Waals surface area contributed by atoms with Crippen molar-refractivity contribution < 1.29 is 37.6 Å². The molecular weight excluding hydrogens is 1030 g/mol. The van der Waals surface area contributed by atoms with Crippen LogP contribution in [0.2, 0.25) is 0 Å². The SMILES string of the molecule is CC/C=C\C/C=C\C/C=C\C/C=C\CCCCCCCCC(=O)OC(COC(=O)CCCCCCCCCCCCCCCCCCCCCCCCCCCCCCC/C=C\CCCCCCCCCC)COP(=O)(O)OCCN. The van der Waals surface area contributed by atoms with Crippen molar-refractivity contribution in [1.29, 1.82) is 0 Å². The first kappa shape index (κ1) is 78.7. The Kier molecular flexibility index (Phi) is 65.0. The molecule has 0 heterocycles. The van der Waals surface area contributed by atoms with Gasteiger partial charge >= 0.3 is 19.8 Å². The molecule has 0 rings (SSSR count). The molecule has 0 bridgehead atoms. The van der Waals surface area contributed by atoms with E-state index in [4.69, 9.17) is 24.3 Å². The monoisotopic (exact) mass is 1160 g/mol. The van der Waals surface area contributed by atoms with Crippen LogP contribution in [0.5, 0.6) is 0 Å². The number of carbonyl (C=O) groups excluding carboxylic acids is 2. The molecule has 0 aromatic heterocycles. The summed E-state index contributed by atoms with van der Waals surface area (Å²) in [7, 11) is -4.40. The molecule has 2 atom stereocenters. The molecular formula is C71H132NO8P. The molecule has 0 aromatic rings. The van der Waals surface area contributed by atoms with E-state index in [-0.39, 0.29) is 38.6 Å². The van der Waals surface area contributed by atoms with Gasteiger partial charge in [-0.3, -0.25) is 18.6 Å². The van der Waals surface area contributed by atoms with Crippen LogP contribution in [0.4, 0.5) is 0 Å². The summed E-state index contributed by atoms with van der Waals surface area (Å²) >= 11 is 0.